The van der Waals surface area contributed by atoms with Gasteiger partial charge >= 0.3 is 0 Å². The van der Waals surface area contributed by atoms with Crippen molar-refractivity contribution in [2.75, 3.05) is 0 Å². The van der Waals surface area contributed by atoms with Gasteiger partial charge < -0.3 is 11.1 Å². The van der Waals surface area contributed by atoms with Crippen molar-refractivity contribution in [3.63, 3.8) is 0 Å². The molecule has 1 saturated carbocycles. The summed E-state index contributed by atoms with van der Waals surface area (Å²) in [4.78, 5) is 12.0. The molecule has 0 aromatic carbocycles. The first-order valence-electron chi connectivity index (χ1n) is 6.01. The molecule has 0 saturated heterocycles. The fourth-order valence-corrected chi connectivity index (χ4v) is 2.24. The molecule has 4 atom stereocenters. The van der Waals surface area contributed by atoms with E-state index in [1.807, 2.05) is 0 Å². The van der Waals surface area contributed by atoms with Gasteiger partial charge in [-0.3, -0.25) is 4.79 Å². The van der Waals surface area contributed by atoms with Crippen LogP contribution in [-0.4, -0.2) is 16.9 Å². The lowest BCUT2D eigenvalue weighted by atomic mass is 9.79. The molecule has 3 nitrogen and oxygen atoms in total. The van der Waals surface area contributed by atoms with Crippen LogP contribution in [0.3, 0.4) is 0 Å². The summed E-state index contributed by atoms with van der Waals surface area (Å²) >= 11 is 4.82. The van der Waals surface area contributed by atoms with Gasteiger partial charge in [-0.25, -0.2) is 0 Å². The van der Waals surface area contributed by atoms with Crippen molar-refractivity contribution in [1.29, 1.82) is 0 Å². The molecule has 0 radical (unpaired) electrons. The third kappa shape index (κ3) is 3.44. The Morgan fingerprint density at radius 3 is 2.50 bits per heavy atom. The Balaban J connectivity index is 2.43. The molecule has 1 aliphatic carbocycles. The van der Waals surface area contributed by atoms with Crippen molar-refractivity contribution in [3.8, 4) is 0 Å². The Morgan fingerprint density at radius 1 is 1.38 bits per heavy atom. The van der Waals surface area contributed by atoms with E-state index in [-0.39, 0.29) is 16.8 Å². The predicted octanol–water partition coefficient (Wildman–Crippen LogP) is 1.85. The van der Waals surface area contributed by atoms with E-state index in [0.29, 0.717) is 12.0 Å². The molecule has 1 fully saturated rings. The van der Waals surface area contributed by atoms with Gasteiger partial charge in [0.1, 0.15) is 0 Å². The molecule has 0 bridgehead atoms. The number of thiocarbonyl (C=S) groups is 1. The summed E-state index contributed by atoms with van der Waals surface area (Å²) in [7, 11) is 0. The fourth-order valence-electron chi connectivity index (χ4n) is 2.13. The summed E-state index contributed by atoms with van der Waals surface area (Å²) in [6, 6.07) is 0.301. The Labute approximate surface area is 103 Å². The van der Waals surface area contributed by atoms with Crippen molar-refractivity contribution in [2.24, 2.45) is 23.5 Å². The highest BCUT2D eigenvalue weighted by Crippen LogP contribution is 2.29. The summed E-state index contributed by atoms with van der Waals surface area (Å²) in [6.07, 6.45) is 3.33. The molecule has 1 rings (SSSR count). The number of amides is 1. The fraction of sp³-hybridized carbons (Fsp3) is 0.833. The second-order valence-corrected chi connectivity index (χ2v) is 5.57. The van der Waals surface area contributed by atoms with Crippen LogP contribution in [0, 0.1) is 17.8 Å². The number of hydrogen-bond donors (Lipinski definition) is 2. The van der Waals surface area contributed by atoms with Crippen LogP contribution in [0.2, 0.25) is 0 Å². The molecule has 92 valence electrons. The lowest BCUT2D eigenvalue weighted by Crippen LogP contribution is -2.44. The third-order valence-corrected chi connectivity index (χ3v) is 4.12. The van der Waals surface area contributed by atoms with Crippen LogP contribution in [0.1, 0.15) is 40.0 Å². The maximum absolute atomic E-state index is 11.8. The third-order valence-electron chi connectivity index (χ3n) is 3.76. The minimum atomic E-state index is -0.357. The van der Waals surface area contributed by atoms with Gasteiger partial charge in [0, 0.05) is 6.04 Å². The van der Waals surface area contributed by atoms with E-state index in [1.54, 1.807) is 6.92 Å². The van der Waals surface area contributed by atoms with E-state index >= 15 is 0 Å². The molecular formula is C12H22N2OS. The first kappa shape index (κ1) is 13.4. The summed E-state index contributed by atoms with van der Waals surface area (Å²) < 4.78 is 0. The van der Waals surface area contributed by atoms with E-state index in [4.69, 9.17) is 18.0 Å². The van der Waals surface area contributed by atoms with E-state index in [0.717, 1.165) is 18.8 Å². The van der Waals surface area contributed by atoms with Crippen molar-refractivity contribution in [1.82, 2.24) is 5.32 Å². The monoisotopic (exact) mass is 242 g/mol. The second-order valence-electron chi connectivity index (χ2n) is 5.10. The van der Waals surface area contributed by atoms with Gasteiger partial charge in [-0.15, -0.1) is 0 Å². The van der Waals surface area contributed by atoms with E-state index < -0.39 is 0 Å². The first-order chi connectivity index (χ1) is 7.41. The average Bonchev–Trinajstić information content (AvgIpc) is 2.22. The molecule has 4 heteroatoms. The van der Waals surface area contributed by atoms with Gasteiger partial charge in [-0.05, 0) is 38.0 Å². The van der Waals surface area contributed by atoms with Crippen LogP contribution in [0.4, 0.5) is 0 Å². The summed E-state index contributed by atoms with van der Waals surface area (Å²) in [5.74, 6) is 1.06. The van der Waals surface area contributed by atoms with Crippen molar-refractivity contribution >= 4 is 23.1 Å². The highest BCUT2D eigenvalue weighted by molar-refractivity contribution is 7.80. The topological polar surface area (TPSA) is 55.1 Å². The van der Waals surface area contributed by atoms with Crippen LogP contribution < -0.4 is 11.1 Å². The smallest absolute Gasteiger partial charge is 0.229 e. The van der Waals surface area contributed by atoms with Gasteiger partial charge in [0.05, 0.1) is 10.9 Å². The molecule has 0 aliphatic heterocycles. The molecule has 1 amide bonds. The van der Waals surface area contributed by atoms with Crippen LogP contribution in [0.5, 0.6) is 0 Å². The van der Waals surface area contributed by atoms with Crippen LogP contribution in [-0.2, 0) is 4.79 Å². The number of nitrogens with one attached hydrogen (secondary N) is 1. The van der Waals surface area contributed by atoms with E-state index in [1.165, 1.54) is 6.42 Å². The molecule has 4 unspecified atom stereocenters. The number of carbonyl (C=O) groups is 1. The first-order valence-corrected chi connectivity index (χ1v) is 6.42. The molecule has 0 aromatic rings. The van der Waals surface area contributed by atoms with Crippen molar-refractivity contribution < 1.29 is 4.79 Å². The van der Waals surface area contributed by atoms with Crippen LogP contribution in [0.15, 0.2) is 0 Å². The van der Waals surface area contributed by atoms with Crippen LogP contribution >= 0.6 is 12.2 Å². The number of carbonyl (C=O) groups excluding carboxylic acids is 1. The number of rotatable bonds is 3. The molecule has 3 N–H and O–H groups in total. The predicted molar refractivity (Wildman–Crippen MR) is 70.1 cm³/mol. The van der Waals surface area contributed by atoms with Gasteiger partial charge in [0.25, 0.3) is 0 Å². The molecule has 1 aliphatic rings. The number of hydrogen-bond acceptors (Lipinski definition) is 2. The normalized spacial score (nSPS) is 31.8. The highest BCUT2D eigenvalue weighted by Gasteiger charge is 2.27. The van der Waals surface area contributed by atoms with Gasteiger partial charge in [-0.1, -0.05) is 26.1 Å². The van der Waals surface area contributed by atoms with E-state index in [2.05, 4.69) is 19.2 Å². The standard InChI is InChI=1S/C12H22N2OS/c1-7-4-5-10(6-8(7)2)14-12(15)9(3)11(13)16/h7-10H,4-6H2,1-3H3,(H2,13,16)(H,14,15). The van der Waals surface area contributed by atoms with Gasteiger partial charge in [-0.2, -0.15) is 0 Å². The zero-order valence-electron chi connectivity index (χ0n) is 10.3. The molecule has 0 spiro atoms. The zero-order chi connectivity index (χ0) is 12.3. The molecular weight excluding hydrogens is 220 g/mol. The summed E-state index contributed by atoms with van der Waals surface area (Å²) in [5, 5.41) is 3.04. The molecule has 16 heavy (non-hydrogen) atoms. The molecule has 0 heterocycles. The van der Waals surface area contributed by atoms with Gasteiger partial charge in [0.2, 0.25) is 5.91 Å². The maximum Gasteiger partial charge on any atom is 0.229 e. The van der Waals surface area contributed by atoms with E-state index in [9.17, 15) is 4.79 Å². The summed E-state index contributed by atoms with van der Waals surface area (Å²) in [6.45, 7) is 6.28. The quantitative estimate of drug-likeness (QED) is 0.743. The lowest BCUT2D eigenvalue weighted by Gasteiger charge is -2.33. The zero-order valence-corrected chi connectivity index (χ0v) is 11.1. The van der Waals surface area contributed by atoms with Gasteiger partial charge in [0.15, 0.2) is 0 Å². The van der Waals surface area contributed by atoms with Crippen molar-refractivity contribution in [2.45, 2.75) is 46.1 Å². The SMILES string of the molecule is CC(C(=O)NC1CCC(C)C(C)C1)C(N)=S. The highest BCUT2D eigenvalue weighted by atomic mass is 32.1. The second kappa shape index (κ2) is 5.62. The Morgan fingerprint density at radius 2 is 2.00 bits per heavy atom. The Bertz CT molecular complexity index is 280. The number of nitrogens with two attached hydrogens (primary N) is 1. The Kier molecular flexibility index (Phi) is 4.71. The van der Waals surface area contributed by atoms with Crippen LogP contribution in [0.25, 0.3) is 0 Å². The average molecular weight is 242 g/mol. The minimum absolute atomic E-state index is 0.0285. The molecule has 0 aromatic heterocycles. The lowest BCUT2D eigenvalue weighted by molar-refractivity contribution is -0.123. The maximum atomic E-state index is 11.8. The minimum Gasteiger partial charge on any atom is -0.393 e. The Hall–Kier alpha value is -0.640. The van der Waals surface area contributed by atoms with Crippen molar-refractivity contribution in [3.05, 3.63) is 0 Å². The largest absolute Gasteiger partial charge is 0.393 e. The summed E-state index contributed by atoms with van der Waals surface area (Å²) in [5.41, 5.74) is 5.46.